The molecule has 6 nitrogen and oxygen atoms in total. The minimum atomic E-state index is -4.66. The van der Waals surface area contributed by atoms with Gasteiger partial charge in [0.15, 0.2) is 0 Å². The summed E-state index contributed by atoms with van der Waals surface area (Å²) in [5.74, 6) is 0.482. The molecule has 1 aromatic carbocycles. The second kappa shape index (κ2) is 8.88. The molecule has 9 heteroatoms. The number of benzene rings is 1. The third-order valence-electron chi connectivity index (χ3n) is 5.99. The van der Waals surface area contributed by atoms with E-state index in [4.69, 9.17) is 4.74 Å². The maximum Gasteiger partial charge on any atom is 0.417 e. The van der Waals surface area contributed by atoms with Gasteiger partial charge in [0.25, 0.3) is 5.56 Å². The van der Waals surface area contributed by atoms with Crippen molar-refractivity contribution >= 4 is 16.8 Å². The van der Waals surface area contributed by atoms with E-state index in [2.05, 4.69) is 9.97 Å². The van der Waals surface area contributed by atoms with E-state index < -0.39 is 22.7 Å². The largest absolute Gasteiger partial charge is 0.497 e. The molecule has 3 heterocycles. The highest BCUT2D eigenvalue weighted by atomic mass is 19.4. The van der Waals surface area contributed by atoms with Gasteiger partial charge in [-0.2, -0.15) is 13.2 Å². The Balaban J connectivity index is 1.58. The first-order valence-corrected chi connectivity index (χ1v) is 10.7. The summed E-state index contributed by atoms with van der Waals surface area (Å²) < 4.78 is 45.5. The average Bonchev–Trinajstić information content (AvgIpc) is 2.78. The van der Waals surface area contributed by atoms with Crippen molar-refractivity contribution < 1.29 is 22.7 Å². The number of aryl methyl sites for hydroxylation is 1. The maximum absolute atomic E-state index is 13.5. The lowest BCUT2D eigenvalue weighted by molar-refractivity contribution is -0.136. The number of nitrogens with zero attached hydrogens (tertiary/aromatic N) is 2. The minimum Gasteiger partial charge on any atom is -0.497 e. The predicted octanol–water partition coefficient (Wildman–Crippen LogP) is 4.21. The molecule has 1 atom stereocenters. The molecule has 0 spiro atoms. The van der Waals surface area contributed by atoms with Crippen molar-refractivity contribution in [2.75, 3.05) is 20.2 Å². The molecule has 1 aliphatic heterocycles. The number of aromatic amines is 1. The third kappa shape index (κ3) is 4.86. The number of nitrogens with one attached hydrogen (secondary N) is 1. The van der Waals surface area contributed by atoms with Crippen LogP contribution in [0.3, 0.4) is 0 Å². The van der Waals surface area contributed by atoms with E-state index in [-0.39, 0.29) is 29.5 Å². The Morgan fingerprint density at radius 1 is 1.24 bits per heavy atom. The lowest BCUT2D eigenvalue weighted by Crippen LogP contribution is -2.40. The van der Waals surface area contributed by atoms with Gasteiger partial charge in [-0.15, -0.1) is 0 Å². The van der Waals surface area contributed by atoms with Crippen molar-refractivity contribution in [3.63, 3.8) is 0 Å². The highest BCUT2D eigenvalue weighted by molar-refractivity contribution is 5.82. The van der Waals surface area contributed by atoms with E-state index in [9.17, 15) is 22.8 Å². The number of fused-ring (bicyclic) bond motifs is 1. The van der Waals surface area contributed by atoms with Gasteiger partial charge in [-0.05, 0) is 49.6 Å². The lowest BCUT2D eigenvalue weighted by Gasteiger charge is -2.33. The van der Waals surface area contributed by atoms with Gasteiger partial charge < -0.3 is 14.6 Å². The number of aromatic nitrogens is 2. The highest BCUT2D eigenvalue weighted by Crippen LogP contribution is 2.34. The van der Waals surface area contributed by atoms with Crippen LogP contribution in [0.5, 0.6) is 5.75 Å². The number of carbonyl (C=O) groups excluding carboxylic acids is 1. The number of H-pyrrole nitrogens is 1. The number of methoxy groups -OCH3 is 1. The predicted molar refractivity (Wildman–Crippen MR) is 117 cm³/mol. The number of halogens is 3. The Bertz CT molecular complexity index is 1240. The molecular formula is C24H24F3N3O3. The topological polar surface area (TPSA) is 75.3 Å². The smallest absolute Gasteiger partial charge is 0.417 e. The number of hydrogen-bond donors (Lipinski definition) is 1. The summed E-state index contributed by atoms with van der Waals surface area (Å²) in [5.41, 5.74) is -0.238. The number of alkyl halides is 3. The SMILES string of the molecule is COc1ccc(CC(=O)N2CCCC(c3cc4nc(C)cc(C(F)(F)F)c4c(=O)[nH]3)C2)cc1. The highest BCUT2D eigenvalue weighted by Gasteiger charge is 2.35. The Hall–Kier alpha value is -3.36. The molecule has 1 amide bonds. The Kier molecular flexibility index (Phi) is 6.14. The fourth-order valence-electron chi connectivity index (χ4n) is 4.35. The maximum atomic E-state index is 13.5. The van der Waals surface area contributed by atoms with Gasteiger partial charge in [0, 0.05) is 30.4 Å². The van der Waals surface area contributed by atoms with Crippen molar-refractivity contribution in [1.82, 2.24) is 14.9 Å². The van der Waals surface area contributed by atoms with Crippen molar-refractivity contribution in [1.29, 1.82) is 0 Å². The lowest BCUT2D eigenvalue weighted by atomic mass is 9.93. The zero-order valence-electron chi connectivity index (χ0n) is 18.3. The molecular weight excluding hydrogens is 435 g/mol. The zero-order valence-corrected chi connectivity index (χ0v) is 18.3. The van der Waals surface area contributed by atoms with Crippen LogP contribution in [0.1, 0.15) is 41.3 Å². The molecule has 3 aromatic rings. The summed E-state index contributed by atoms with van der Waals surface area (Å²) in [7, 11) is 1.58. The van der Waals surface area contributed by atoms with Crippen molar-refractivity contribution in [3.05, 3.63) is 69.3 Å². The van der Waals surface area contributed by atoms with Gasteiger partial charge in [-0.1, -0.05) is 12.1 Å². The van der Waals surface area contributed by atoms with E-state index in [0.29, 0.717) is 31.0 Å². The van der Waals surface area contributed by atoms with Gasteiger partial charge in [0.05, 0.1) is 30.0 Å². The number of carbonyl (C=O) groups is 1. The van der Waals surface area contributed by atoms with Crippen LogP contribution in [0.2, 0.25) is 0 Å². The van der Waals surface area contributed by atoms with Crippen LogP contribution in [-0.2, 0) is 17.4 Å². The van der Waals surface area contributed by atoms with Crippen LogP contribution >= 0.6 is 0 Å². The molecule has 0 radical (unpaired) electrons. The van der Waals surface area contributed by atoms with Crippen LogP contribution in [0.15, 0.2) is 41.2 Å². The number of piperidine rings is 1. The summed E-state index contributed by atoms with van der Waals surface area (Å²) >= 11 is 0. The van der Waals surface area contributed by atoms with Gasteiger partial charge in [-0.25, -0.2) is 0 Å². The first-order chi connectivity index (χ1) is 15.7. The summed E-state index contributed by atoms with van der Waals surface area (Å²) in [6, 6.07) is 9.67. The molecule has 4 rings (SSSR count). The van der Waals surface area contributed by atoms with Crippen LogP contribution in [0.4, 0.5) is 13.2 Å². The monoisotopic (exact) mass is 459 g/mol. The summed E-state index contributed by atoms with van der Waals surface area (Å²) in [5, 5.41) is -0.458. The Morgan fingerprint density at radius 3 is 2.64 bits per heavy atom. The second-order valence-electron chi connectivity index (χ2n) is 8.33. The fraction of sp³-hybridized carbons (Fsp3) is 0.375. The van der Waals surface area contributed by atoms with Gasteiger partial charge in [0.1, 0.15) is 5.75 Å². The molecule has 1 fully saturated rings. The van der Waals surface area contributed by atoms with Crippen molar-refractivity contribution in [3.8, 4) is 5.75 Å². The van der Waals surface area contributed by atoms with Crippen LogP contribution in [0, 0.1) is 6.92 Å². The van der Waals surface area contributed by atoms with E-state index in [1.165, 1.54) is 13.0 Å². The summed E-state index contributed by atoms with van der Waals surface area (Å²) in [6.45, 7) is 2.45. The average molecular weight is 459 g/mol. The number of likely N-dealkylation sites (tertiary alicyclic amines) is 1. The summed E-state index contributed by atoms with van der Waals surface area (Å²) in [4.78, 5) is 34.1. The Labute approximate surface area is 188 Å². The molecule has 1 unspecified atom stereocenters. The van der Waals surface area contributed by atoms with Gasteiger partial charge in [-0.3, -0.25) is 14.6 Å². The van der Waals surface area contributed by atoms with E-state index in [1.807, 2.05) is 12.1 Å². The number of pyridine rings is 2. The molecule has 0 bridgehead atoms. The molecule has 1 aliphatic rings. The number of amides is 1. The molecule has 0 saturated carbocycles. The molecule has 33 heavy (non-hydrogen) atoms. The normalized spacial score (nSPS) is 16.8. The zero-order chi connectivity index (χ0) is 23.8. The van der Waals surface area contributed by atoms with Gasteiger partial charge in [0.2, 0.25) is 5.91 Å². The number of hydrogen-bond acceptors (Lipinski definition) is 4. The molecule has 1 N–H and O–H groups in total. The second-order valence-corrected chi connectivity index (χ2v) is 8.33. The molecule has 1 saturated heterocycles. The molecule has 174 valence electrons. The van der Waals surface area contributed by atoms with Gasteiger partial charge >= 0.3 is 6.18 Å². The summed E-state index contributed by atoms with van der Waals surface area (Å²) in [6.07, 6.45) is -2.98. The molecule has 0 aliphatic carbocycles. The van der Waals surface area contributed by atoms with Crippen molar-refractivity contribution in [2.24, 2.45) is 0 Å². The fourth-order valence-corrected chi connectivity index (χ4v) is 4.35. The number of rotatable bonds is 4. The van der Waals surface area contributed by atoms with Crippen molar-refractivity contribution in [2.45, 2.75) is 38.3 Å². The number of ether oxygens (including phenoxy) is 1. The van der Waals surface area contributed by atoms with Crippen LogP contribution < -0.4 is 10.3 Å². The quantitative estimate of drug-likeness (QED) is 0.634. The Morgan fingerprint density at radius 2 is 1.97 bits per heavy atom. The standard InChI is InChI=1S/C24H24F3N3O3/c1-14-10-18(24(25,26)27)22-20(28-14)12-19(29-23(22)32)16-4-3-9-30(13-16)21(31)11-15-5-7-17(33-2)8-6-15/h5-8,10,12,16H,3-4,9,11,13H2,1-2H3,(H,29,32). The minimum absolute atomic E-state index is 0.0164. The first kappa shape index (κ1) is 22.8. The van der Waals surface area contributed by atoms with E-state index in [0.717, 1.165) is 18.1 Å². The van der Waals surface area contributed by atoms with Crippen LogP contribution in [0.25, 0.3) is 10.9 Å². The van der Waals surface area contributed by atoms with Crippen LogP contribution in [-0.4, -0.2) is 41.0 Å². The van der Waals surface area contributed by atoms with E-state index in [1.54, 1.807) is 24.1 Å². The third-order valence-corrected chi connectivity index (χ3v) is 5.99. The first-order valence-electron chi connectivity index (χ1n) is 10.7. The van der Waals surface area contributed by atoms with E-state index >= 15 is 0 Å². The molecule has 2 aromatic heterocycles.